The van der Waals surface area contributed by atoms with E-state index < -0.39 is 0 Å². The Morgan fingerprint density at radius 1 is 1.26 bits per heavy atom. The van der Waals surface area contributed by atoms with Crippen LogP contribution in [0.3, 0.4) is 0 Å². The second kappa shape index (κ2) is 6.81. The van der Waals surface area contributed by atoms with Crippen molar-refractivity contribution in [1.29, 1.82) is 0 Å². The average molecular weight is 295 g/mol. The zero-order valence-electron chi connectivity index (χ0n) is 11.3. The lowest BCUT2D eigenvalue weighted by atomic mass is 10.2. The Balaban J connectivity index is 2.24. The minimum Gasteiger partial charge on any atom is -0.370 e. The van der Waals surface area contributed by atoms with Gasteiger partial charge < -0.3 is 5.32 Å². The molecule has 0 bridgehead atoms. The van der Waals surface area contributed by atoms with Gasteiger partial charge in [-0.05, 0) is 31.5 Å². The molecule has 19 heavy (non-hydrogen) atoms. The summed E-state index contributed by atoms with van der Waals surface area (Å²) >= 11 is 3.15. The lowest BCUT2D eigenvalue weighted by Gasteiger charge is -2.11. The molecule has 0 saturated carbocycles. The highest BCUT2D eigenvalue weighted by Crippen LogP contribution is 2.33. The molecular weight excluding hydrogens is 278 g/mol. The lowest BCUT2D eigenvalue weighted by molar-refractivity contribution is 0.908. The number of hydrogen-bond acceptors (Lipinski definition) is 7. The predicted octanol–water partition coefficient (Wildman–Crippen LogP) is 3.17. The minimum atomic E-state index is 0.896. The van der Waals surface area contributed by atoms with E-state index in [0.29, 0.717) is 0 Å². The number of hydrogen-bond donors (Lipinski definition) is 1. The van der Waals surface area contributed by atoms with Crippen molar-refractivity contribution in [2.75, 3.05) is 11.9 Å². The molecule has 0 radical (unpaired) electrons. The monoisotopic (exact) mass is 295 g/mol. The van der Waals surface area contributed by atoms with E-state index in [1.807, 2.05) is 6.92 Å². The van der Waals surface area contributed by atoms with Crippen LogP contribution in [0.4, 0.5) is 5.82 Å². The molecule has 2 aromatic heterocycles. The number of aryl methyl sites for hydroxylation is 1. The van der Waals surface area contributed by atoms with Crippen LogP contribution in [0.5, 0.6) is 0 Å². The quantitative estimate of drug-likeness (QED) is 0.826. The molecule has 0 fully saturated rings. The van der Waals surface area contributed by atoms with Crippen LogP contribution in [0, 0.1) is 6.92 Å². The van der Waals surface area contributed by atoms with Gasteiger partial charge in [0.25, 0.3) is 0 Å². The molecular formula is C12H17N5S2. The second-order valence-corrected chi connectivity index (χ2v) is 6.39. The Kier molecular flexibility index (Phi) is 5.09. The van der Waals surface area contributed by atoms with Crippen LogP contribution >= 0.6 is 23.1 Å². The summed E-state index contributed by atoms with van der Waals surface area (Å²) in [6, 6.07) is 0. The van der Waals surface area contributed by atoms with Gasteiger partial charge in [-0.15, -0.1) is 10.2 Å². The molecule has 0 amide bonds. The Morgan fingerprint density at radius 2 is 2.11 bits per heavy atom. The Labute approximate surface area is 121 Å². The highest BCUT2D eigenvalue weighted by Gasteiger charge is 2.12. The van der Waals surface area contributed by atoms with Crippen LogP contribution in [-0.4, -0.2) is 26.7 Å². The van der Waals surface area contributed by atoms with Crippen molar-refractivity contribution < 1.29 is 0 Å². The lowest BCUT2D eigenvalue weighted by Crippen LogP contribution is -2.06. The molecule has 2 aromatic rings. The minimum absolute atomic E-state index is 0.896. The molecule has 2 heterocycles. The van der Waals surface area contributed by atoms with Crippen LogP contribution in [0.25, 0.3) is 0 Å². The van der Waals surface area contributed by atoms with Gasteiger partial charge in [-0.1, -0.05) is 25.2 Å². The van der Waals surface area contributed by atoms with Gasteiger partial charge in [-0.2, -0.15) is 0 Å². The Hall–Kier alpha value is -1.21. The third-order valence-corrected chi connectivity index (χ3v) is 4.43. The molecule has 0 aliphatic carbocycles. The fourth-order valence-electron chi connectivity index (χ4n) is 1.60. The molecule has 2 rings (SSSR count). The van der Waals surface area contributed by atoms with E-state index in [-0.39, 0.29) is 0 Å². The highest BCUT2D eigenvalue weighted by atomic mass is 32.2. The number of nitrogens with one attached hydrogen (secondary N) is 1. The van der Waals surface area contributed by atoms with Gasteiger partial charge in [0.05, 0.1) is 0 Å². The summed E-state index contributed by atoms with van der Waals surface area (Å²) in [5.41, 5.74) is 1.15. The SMILES string of the molecule is CCCNc1ncnc(Sc2nnc(C)s2)c1CC. The Bertz CT molecular complexity index is 541. The van der Waals surface area contributed by atoms with E-state index in [0.717, 1.165) is 45.1 Å². The zero-order valence-corrected chi connectivity index (χ0v) is 12.9. The first-order chi connectivity index (χ1) is 9.24. The van der Waals surface area contributed by atoms with Crippen LogP contribution in [-0.2, 0) is 6.42 Å². The standard InChI is InChI=1S/C12H17N5S2/c1-4-6-13-10-9(5-2)11(15-7-14-10)19-12-17-16-8(3)18-12/h7H,4-6H2,1-3H3,(H,13,14,15). The molecule has 5 nitrogen and oxygen atoms in total. The highest BCUT2D eigenvalue weighted by molar-refractivity contribution is 8.01. The molecule has 0 aromatic carbocycles. The van der Waals surface area contributed by atoms with E-state index in [9.17, 15) is 0 Å². The van der Waals surface area contributed by atoms with Crippen LogP contribution < -0.4 is 5.32 Å². The van der Waals surface area contributed by atoms with Gasteiger partial charge in [-0.3, -0.25) is 0 Å². The molecule has 0 spiro atoms. The summed E-state index contributed by atoms with van der Waals surface area (Å²) in [6.45, 7) is 7.13. The molecule has 1 N–H and O–H groups in total. The van der Waals surface area contributed by atoms with Crippen LogP contribution in [0.2, 0.25) is 0 Å². The maximum absolute atomic E-state index is 4.37. The van der Waals surface area contributed by atoms with Crippen molar-refractivity contribution in [3.05, 3.63) is 16.9 Å². The van der Waals surface area contributed by atoms with Gasteiger partial charge in [-0.25, -0.2) is 9.97 Å². The summed E-state index contributed by atoms with van der Waals surface area (Å²) in [4.78, 5) is 8.70. The van der Waals surface area contributed by atoms with Crippen molar-refractivity contribution in [3.63, 3.8) is 0 Å². The second-order valence-electron chi connectivity index (χ2n) is 3.98. The van der Waals surface area contributed by atoms with E-state index >= 15 is 0 Å². The van der Waals surface area contributed by atoms with Crippen molar-refractivity contribution in [2.45, 2.75) is 43.0 Å². The summed E-state index contributed by atoms with van der Waals surface area (Å²) in [5, 5.41) is 13.4. The maximum Gasteiger partial charge on any atom is 0.180 e. The molecule has 102 valence electrons. The average Bonchev–Trinajstić information content (AvgIpc) is 2.82. The first kappa shape index (κ1) is 14.2. The summed E-state index contributed by atoms with van der Waals surface area (Å²) in [6.07, 6.45) is 3.58. The molecule has 0 aliphatic heterocycles. The molecule has 0 aliphatic rings. The number of nitrogens with zero attached hydrogens (tertiary/aromatic N) is 4. The first-order valence-electron chi connectivity index (χ1n) is 6.30. The van der Waals surface area contributed by atoms with Gasteiger partial charge in [0.1, 0.15) is 22.2 Å². The topological polar surface area (TPSA) is 63.6 Å². The molecule has 0 unspecified atom stereocenters. The normalized spacial score (nSPS) is 10.7. The maximum atomic E-state index is 4.37. The smallest absolute Gasteiger partial charge is 0.180 e. The van der Waals surface area contributed by atoms with Crippen molar-refractivity contribution >= 4 is 28.9 Å². The first-order valence-corrected chi connectivity index (χ1v) is 7.93. The van der Waals surface area contributed by atoms with Crippen LogP contribution in [0.1, 0.15) is 30.8 Å². The number of anilines is 1. The summed E-state index contributed by atoms with van der Waals surface area (Å²) in [5.74, 6) is 0.933. The van der Waals surface area contributed by atoms with E-state index in [1.165, 1.54) is 0 Å². The van der Waals surface area contributed by atoms with Crippen LogP contribution in [0.15, 0.2) is 15.7 Å². The number of rotatable bonds is 6. The molecule has 7 heteroatoms. The van der Waals surface area contributed by atoms with Crippen molar-refractivity contribution in [1.82, 2.24) is 20.2 Å². The van der Waals surface area contributed by atoms with Gasteiger partial charge in [0.2, 0.25) is 0 Å². The molecule has 0 saturated heterocycles. The number of aromatic nitrogens is 4. The predicted molar refractivity (Wildman–Crippen MR) is 79.0 cm³/mol. The van der Waals surface area contributed by atoms with Crippen molar-refractivity contribution in [3.8, 4) is 0 Å². The van der Waals surface area contributed by atoms with Gasteiger partial charge in [0.15, 0.2) is 4.34 Å². The van der Waals surface area contributed by atoms with E-state index in [4.69, 9.17) is 0 Å². The zero-order chi connectivity index (χ0) is 13.7. The summed E-state index contributed by atoms with van der Waals surface area (Å²) < 4.78 is 0.923. The largest absolute Gasteiger partial charge is 0.370 e. The van der Waals surface area contributed by atoms with Gasteiger partial charge >= 0.3 is 0 Å². The van der Waals surface area contributed by atoms with E-state index in [2.05, 4.69) is 39.3 Å². The van der Waals surface area contributed by atoms with E-state index in [1.54, 1.807) is 29.4 Å². The Morgan fingerprint density at radius 3 is 2.74 bits per heavy atom. The molecule has 0 atom stereocenters. The summed E-state index contributed by atoms with van der Waals surface area (Å²) in [7, 11) is 0. The fraction of sp³-hybridized carbons (Fsp3) is 0.500. The van der Waals surface area contributed by atoms with Crippen molar-refractivity contribution in [2.24, 2.45) is 0 Å². The third kappa shape index (κ3) is 3.63. The fourth-order valence-corrected chi connectivity index (χ4v) is 3.49. The third-order valence-electron chi connectivity index (χ3n) is 2.49. The van der Waals surface area contributed by atoms with Gasteiger partial charge in [0, 0.05) is 12.1 Å².